The second-order valence-corrected chi connectivity index (χ2v) is 5.50. The molecule has 0 saturated carbocycles. The fraction of sp³-hybridized carbons (Fsp3) is 1.00. The Balaban J connectivity index is 2.38. The van der Waals surface area contributed by atoms with Crippen molar-refractivity contribution in [2.75, 3.05) is 38.2 Å². The van der Waals surface area contributed by atoms with Gasteiger partial charge in [-0.15, -0.1) is 0 Å². The lowest BCUT2D eigenvalue weighted by Gasteiger charge is -2.25. The van der Waals surface area contributed by atoms with Crippen LogP contribution in [0.1, 0.15) is 6.42 Å². The highest BCUT2D eigenvalue weighted by molar-refractivity contribution is 9.09. The van der Waals surface area contributed by atoms with E-state index in [1.165, 1.54) is 4.31 Å². The minimum absolute atomic E-state index is 0.448. The van der Waals surface area contributed by atoms with E-state index in [4.69, 9.17) is 4.74 Å². The summed E-state index contributed by atoms with van der Waals surface area (Å²) in [7, 11) is -3.27. The van der Waals surface area contributed by atoms with Gasteiger partial charge in [-0.25, -0.2) is 4.72 Å². The third-order valence-electron chi connectivity index (χ3n) is 1.90. The molecule has 0 amide bonds. The van der Waals surface area contributed by atoms with Crippen LogP contribution in [0.3, 0.4) is 0 Å². The fourth-order valence-corrected chi connectivity index (χ4v) is 2.64. The number of nitrogens with one attached hydrogen (secondary N) is 1. The SMILES string of the molecule is O=S(=O)(NCCCBr)N1CCOCC1. The van der Waals surface area contributed by atoms with Crippen molar-refractivity contribution in [1.82, 2.24) is 9.03 Å². The van der Waals surface area contributed by atoms with Gasteiger partial charge in [0, 0.05) is 25.0 Å². The van der Waals surface area contributed by atoms with E-state index in [9.17, 15) is 8.42 Å². The lowest BCUT2D eigenvalue weighted by molar-refractivity contribution is 0.0725. The van der Waals surface area contributed by atoms with E-state index in [0.717, 1.165) is 11.8 Å². The monoisotopic (exact) mass is 286 g/mol. The Kier molecular flexibility index (Phi) is 5.32. The van der Waals surface area contributed by atoms with Crippen molar-refractivity contribution < 1.29 is 13.2 Å². The zero-order chi connectivity index (χ0) is 10.4. The van der Waals surface area contributed by atoms with Gasteiger partial charge < -0.3 is 4.74 Å². The van der Waals surface area contributed by atoms with Crippen molar-refractivity contribution in [3.63, 3.8) is 0 Å². The summed E-state index contributed by atoms with van der Waals surface area (Å²) in [5.41, 5.74) is 0. The molecular formula is C7H15BrN2O3S. The predicted octanol–water partition coefficient (Wildman–Crippen LogP) is -0.0620. The summed E-state index contributed by atoms with van der Waals surface area (Å²) in [6.07, 6.45) is 0.795. The molecule has 14 heavy (non-hydrogen) atoms. The molecule has 84 valence electrons. The molecule has 0 radical (unpaired) electrons. The molecule has 1 heterocycles. The van der Waals surface area contributed by atoms with Crippen LogP contribution in [-0.2, 0) is 14.9 Å². The Bertz CT molecular complexity index is 252. The molecule has 1 fully saturated rings. The third-order valence-corrected chi connectivity index (χ3v) is 4.08. The van der Waals surface area contributed by atoms with E-state index in [2.05, 4.69) is 20.7 Å². The fourth-order valence-electron chi connectivity index (χ4n) is 1.15. The molecule has 0 aromatic carbocycles. The summed E-state index contributed by atoms with van der Waals surface area (Å²) >= 11 is 3.24. The van der Waals surface area contributed by atoms with E-state index < -0.39 is 10.2 Å². The Morgan fingerprint density at radius 1 is 1.36 bits per heavy atom. The average Bonchev–Trinajstić information content (AvgIpc) is 2.19. The Morgan fingerprint density at radius 3 is 2.57 bits per heavy atom. The van der Waals surface area contributed by atoms with Crippen LogP contribution >= 0.6 is 15.9 Å². The topological polar surface area (TPSA) is 58.6 Å². The molecule has 0 atom stereocenters. The number of hydrogen-bond donors (Lipinski definition) is 1. The number of halogens is 1. The van der Waals surface area contributed by atoms with Gasteiger partial charge in [0.15, 0.2) is 0 Å². The molecule has 0 aromatic rings. The average molecular weight is 287 g/mol. The molecule has 7 heteroatoms. The van der Waals surface area contributed by atoms with E-state index in [0.29, 0.717) is 32.8 Å². The summed E-state index contributed by atoms with van der Waals surface area (Å²) in [5, 5.41) is 0.804. The summed E-state index contributed by atoms with van der Waals surface area (Å²) < 4.78 is 32.3. The molecule has 0 unspecified atom stereocenters. The zero-order valence-electron chi connectivity index (χ0n) is 7.91. The van der Waals surface area contributed by atoms with Gasteiger partial charge in [0.2, 0.25) is 0 Å². The number of morpholine rings is 1. The first-order valence-electron chi connectivity index (χ1n) is 4.55. The molecule has 1 aliphatic rings. The van der Waals surface area contributed by atoms with Gasteiger partial charge in [0.25, 0.3) is 10.2 Å². The molecule has 5 nitrogen and oxygen atoms in total. The normalized spacial score (nSPS) is 19.8. The lowest BCUT2D eigenvalue weighted by Crippen LogP contribution is -2.46. The van der Waals surface area contributed by atoms with Crippen LogP contribution in [0.15, 0.2) is 0 Å². The van der Waals surface area contributed by atoms with Gasteiger partial charge in [-0.3, -0.25) is 0 Å². The molecule has 1 rings (SSSR count). The second-order valence-electron chi connectivity index (χ2n) is 2.95. The lowest BCUT2D eigenvalue weighted by atomic mass is 10.5. The minimum atomic E-state index is -3.27. The summed E-state index contributed by atoms with van der Waals surface area (Å²) in [6, 6.07) is 0. The number of alkyl halides is 1. The zero-order valence-corrected chi connectivity index (χ0v) is 10.3. The Hall–Kier alpha value is 0.310. The smallest absolute Gasteiger partial charge is 0.279 e. The minimum Gasteiger partial charge on any atom is -0.379 e. The van der Waals surface area contributed by atoms with E-state index >= 15 is 0 Å². The van der Waals surface area contributed by atoms with Crippen LogP contribution in [-0.4, -0.2) is 50.9 Å². The highest BCUT2D eigenvalue weighted by Gasteiger charge is 2.23. The first kappa shape index (κ1) is 12.4. The Morgan fingerprint density at radius 2 is 2.00 bits per heavy atom. The number of rotatable bonds is 5. The van der Waals surface area contributed by atoms with E-state index in [-0.39, 0.29) is 0 Å². The first-order chi connectivity index (χ1) is 6.67. The molecule has 1 N–H and O–H groups in total. The molecule has 0 spiro atoms. The summed E-state index contributed by atoms with van der Waals surface area (Å²) in [6.45, 7) is 2.34. The van der Waals surface area contributed by atoms with Crippen molar-refractivity contribution in [3.8, 4) is 0 Å². The van der Waals surface area contributed by atoms with Crippen molar-refractivity contribution in [1.29, 1.82) is 0 Å². The quantitative estimate of drug-likeness (QED) is 0.569. The molecular weight excluding hydrogens is 272 g/mol. The highest BCUT2D eigenvalue weighted by Crippen LogP contribution is 2.02. The highest BCUT2D eigenvalue weighted by atomic mass is 79.9. The van der Waals surface area contributed by atoms with Crippen LogP contribution in [0.2, 0.25) is 0 Å². The number of ether oxygens (including phenoxy) is 1. The van der Waals surface area contributed by atoms with Gasteiger partial charge in [0.1, 0.15) is 0 Å². The summed E-state index contributed by atoms with van der Waals surface area (Å²) in [5.74, 6) is 0. The standard InChI is InChI=1S/C7H15BrN2O3S/c8-2-1-3-9-14(11,12)10-4-6-13-7-5-10/h9H,1-7H2. The second kappa shape index (κ2) is 6.02. The van der Waals surface area contributed by atoms with Crippen LogP contribution < -0.4 is 4.72 Å². The molecule has 1 saturated heterocycles. The largest absolute Gasteiger partial charge is 0.379 e. The molecule has 0 aliphatic carbocycles. The van der Waals surface area contributed by atoms with Crippen molar-refractivity contribution >= 4 is 26.1 Å². The number of nitrogens with zero attached hydrogens (tertiary/aromatic N) is 1. The van der Waals surface area contributed by atoms with Crippen LogP contribution in [0, 0.1) is 0 Å². The third kappa shape index (κ3) is 3.82. The van der Waals surface area contributed by atoms with E-state index in [1.807, 2.05) is 0 Å². The van der Waals surface area contributed by atoms with Gasteiger partial charge in [-0.1, -0.05) is 15.9 Å². The van der Waals surface area contributed by atoms with Crippen LogP contribution in [0.5, 0.6) is 0 Å². The van der Waals surface area contributed by atoms with Crippen molar-refractivity contribution in [2.45, 2.75) is 6.42 Å². The number of hydrogen-bond acceptors (Lipinski definition) is 3. The molecule has 0 aromatic heterocycles. The van der Waals surface area contributed by atoms with Crippen molar-refractivity contribution in [2.24, 2.45) is 0 Å². The molecule has 0 bridgehead atoms. The van der Waals surface area contributed by atoms with Crippen molar-refractivity contribution in [3.05, 3.63) is 0 Å². The van der Waals surface area contributed by atoms with Gasteiger partial charge >= 0.3 is 0 Å². The maximum Gasteiger partial charge on any atom is 0.279 e. The first-order valence-corrected chi connectivity index (χ1v) is 7.11. The Labute approximate surface area is 93.1 Å². The summed E-state index contributed by atoms with van der Waals surface area (Å²) in [4.78, 5) is 0. The maximum absolute atomic E-state index is 11.6. The van der Waals surface area contributed by atoms with E-state index in [1.54, 1.807) is 0 Å². The van der Waals surface area contributed by atoms with Gasteiger partial charge in [-0.05, 0) is 6.42 Å². The predicted molar refractivity (Wildman–Crippen MR) is 57.7 cm³/mol. The van der Waals surface area contributed by atoms with Gasteiger partial charge in [-0.2, -0.15) is 12.7 Å². The van der Waals surface area contributed by atoms with Crippen LogP contribution in [0.25, 0.3) is 0 Å². The molecule has 1 aliphatic heterocycles. The van der Waals surface area contributed by atoms with Crippen LogP contribution in [0.4, 0.5) is 0 Å². The maximum atomic E-state index is 11.6. The van der Waals surface area contributed by atoms with Gasteiger partial charge in [0.05, 0.1) is 13.2 Å².